The Labute approximate surface area is 114 Å². The van der Waals surface area contributed by atoms with Gasteiger partial charge in [-0.05, 0) is 24.6 Å². The van der Waals surface area contributed by atoms with Crippen LogP contribution in [0.25, 0.3) is 10.2 Å². The van der Waals surface area contributed by atoms with Gasteiger partial charge in [-0.1, -0.05) is 0 Å². The van der Waals surface area contributed by atoms with E-state index in [4.69, 9.17) is 4.74 Å². The van der Waals surface area contributed by atoms with Crippen molar-refractivity contribution in [3.05, 3.63) is 29.3 Å². The fourth-order valence-corrected chi connectivity index (χ4v) is 2.86. The number of carbonyl (C=O) groups is 1. The third-order valence-electron chi connectivity index (χ3n) is 3.24. The van der Waals surface area contributed by atoms with Gasteiger partial charge < -0.3 is 15.2 Å². The molecule has 6 heteroatoms. The zero-order valence-corrected chi connectivity index (χ0v) is 11.0. The number of carbonyl (C=O) groups excluding carboxylic acids is 1. The molecular formula is C13H14N2O3S. The van der Waals surface area contributed by atoms with E-state index in [-0.39, 0.29) is 18.6 Å². The van der Waals surface area contributed by atoms with Crippen LogP contribution < -0.4 is 5.32 Å². The molecule has 19 heavy (non-hydrogen) atoms. The molecule has 1 amide bonds. The maximum atomic E-state index is 12.1. The maximum absolute atomic E-state index is 12.1. The highest BCUT2D eigenvalue weighted by Crippen LogP contribution is 2.19. The van der Waals surface area contributed by atoms with Crippen LogP contribution in [0.1, 0.15) is 16.8 Å². The molecule has 3 rings (SSSR count). The topological polar surface area (TPSA) is 71.5 Å². The van der Waals surface area contributed by atoms with E-state index in [9.17, 15) is 9.90 Å². The summed E-state index contributed by atoms with van der Waals surface area (Å²) in [5.41, 5.74) is 3.25. The average molecular weight is 278 g/mol. The number of nitrogens with one attached hydrogen (secondary N) is 1. The summed E-state index contributed by atoms with van der Waals surface area (Å²) in [6.45, 7) is 0.842. The van der Waals surface area contributed by atoms with Crippen molar-refractivity contribution in [3.63, 3.8) is 0 Å². The van der Waals surface area contributed by atoms with Gasteiger partial charge in [-0.3, -0.25) is 4.79 Å². The second kappa shape index (κ2) is 5.24. The van der Waals surface area contributed by atoms with Crippen molar-refractivity contribution in [2.75, 3.05) is 13.2 Å². The fourth-order valence-electron chi connectivity index (χ4n) is 2.14. The molecular weight excluding hydrogens is 264 g/mol. The van der Waals surface area contributed by atoms with Crippen LogP contribution in [0, 0.1) is 0 Å². The van der Waals surface area contributed by atoms with Crippen LogP contribution in [0.5, 0.6) is 0 Å². The molecule has 5 nitrogen and oxygen atoms in total. The second-order valence-corrected chi connectivity index (χ2v) is 5.43. The Balaban J connectivity index is 1.75. The number of fused-ring (bicyclic) bond motifs is 1. The number of amides is 1. The fraction of sp³-hybridized carbons (Fsp3) is 0.385. The molecule has 1 aromatic heterocycles. The van der Waals surface area contributed by atoms with E-state index in [0.29, 0.717) is 18.6 Å². The van der Waals surface area contributed by atoms with E-state index in [1.807, 2.05) is 12.1 Å². The molecule has 0 saturated carbocycles. The standard InChI is InChI=1S/C13H14N2O3S/c16-11-6-18-4-3-9(11)15-13(17)8-1-2-10-12(5-8)19-7-14-10/h1-2,5,7,9,11,16H,3-4,6H2,(H,15,17)/t9-,11-/m1/s1. The van der Waals surface area contributed by atoms with E-state index < -0.39 is 6.10 Å². The van der Waals surface area contributed by atoms with E-state index >= 15 is 0 Å². The average Bonchev–Trinajstić information content (AvgIpc) is 2.88. The lowest BCUT2D eigenvalue weighted by Gasteiger charge is -2.28. The van der Waals surface area contributed by atoms with Gasteiger partial charge in [0.25, 0.3) is 5.91 Å². The highest BCUT2D eigenvalue weighted by molar-refractivity contribution is 7.16. The van der Waals surface area contributed by atoms with Gasteiger partial charge in [-0.2, -0.15) is 0 Å². The van der Waals surface area contributed by atoms with Crippen LogP contribution >= 0.6 is 11.3 Å². The molecule has 0 radical (unpaired) electrons. The van der Waals surface area contributed by atoms with E-state index in [0.717, 1.165) is 10.2 Å². The van der Waals surface area contributed by atoms with Gasteiger partial charge in [0.05, 0.1) is 34.5 Å². The van der Waals surface area contributed by atoms with E-state index in [2.05, 4.69) is 10.3 Å². The Kier molecular flexibility index (Phi) is 3.46. The lowest BCUT2D eigenvalue weighted by atomic mass is 10.1. The summed E-state index contributed by atoms with van der Waals surface area (Å²) in [7, 11) is 0. The number of aromatic nitrogens is 1. The normalized spacial score (nSPS) is 23.4. The molecule has 2 aromatic rings. The predicted molar refractivity (Wildman–Crippen MR) is 72.3 cm³/mol. The Morgan fingerprint density at radius 3 is 3.26 bits per heavy atom. The van der Waals surface area contributed by atoms with Crippen LogP contribution in [-0.4, -0.2) is 41.4 Å². The van der Waals surface area contributed by atoms with Crippen LogP contribution in [0.2, 0.25) is 0 Å². The van der Waals surface area contributed by atoms with Crippen molar-refractivity contribution in [1.29, 1.82) is 0 Å². The largest absolute Gasteiger partial charge is 0.389 e. The molecule has 2 heterocycles. The summed E-state index contributed by atoms with van der Waals surface area (Å²) in [5.74, 6) is -0.166. The van der Waals surface area contributed by atoms with Gasteiger partial charge in [0, 0.05) is 12.2 Å². The quantitative estimate of drug-likeness (QED) is 0.865. The molecule has 0 aliphatic carbocycles. The number of ether oxygens (including phenoxy) is 1. The van der Waals surface area contributed by atoms with Crippen LogP contribution in [0.4, 0.5) is 0 Å². The minimum Gasteiger partial charge on any atom is -0.389 e. The van der Waals surface area contributed by atoms with Gasteiger partial charge in [-0.15, -0.1) is 11.3 Å². The summed E-state index contributed by atoms with van der Waals surface area (Å²) < 4.78 is 6.12. The van der Waals surface area contributed by atoms with Crippen molar-refractivity contribution >= 4 is 27.5 Å². The number of hydrogen-bond acceptors (Lipinski definition) is 5. The van der Waals surface area contributed by atoms with Gasteiger partial charge in [0.1, 0.15) is 0 Å². The molecule has 2 N–H and O–H groups in total. The minimum atomic E-state index is -0.634. The summed E-state index contributed by atoms with van der Waals surface area (Å²) in [6, 6.07) is 5.18. The third-order valence-corrected chi connectivity index (χ3v) is 4.03. The van der Waals surface area contributed by atoms with Gasteiger partial charge in [-0.25, -0.2) is 4.98 Å². The number of aliphatic hydroxyl groups excluding tert-OH is 1. The van der Waals surface area contributed by atoms with Crippen molar-refractivity contribution in [2.45, 2.75) is 18.6 Å². The molecule has 1 fully saturated rings. The van der Waals surface area contributed by atoms with E-state index in [1.54, 1.807) is 11.6 Å². The van der Waals surface area contributed by atoms with E-state index in [1.165, 1.54) is 11.3 Å². The molecule has 0 spiro atoms. The second-order valence-electron chi connectivity index (χ2n) is 4.55. The Hall–Kier alpha value is -1.50. The molecule has 100 valence electrons. The Morgan fingerprint density at radius 2 is 2.42 bits per heavy atom. The molecule has 1 aliphatic heterocycles. The maximum Gasteiger partial charge on any atom is 0.251 e. The minimum absolute atomic E-state index is 0.166. The number of benzene rings is 1. The first-order chi connectivity index (χ1) is 9.24. The van der Waals surface area contributed by atoms with Crippen molar-refractivity contribution in [1.82, 2.24) is 10.3 Å². The first kappa shape index (κ1) is 12.5. The van der Waals surface area contributed by atoms with Crippen molar-refractivity contribution < 1.29 is 14.6 Å². The SMILES string of the molecule is O=C(N[C@@H]1CCOC[C@H]1O)c1ccc2ncsc2c1. The number of hydrogen-bond donors (Lipinski definition) is 2. The smallest absolute Gasteiger partial charge is 0.251 e. The highest BCUT2D eigenvalue weighted by Gasteiger charge is 2.25. The van der Waals surface area contributed by atoms with Crippen molar-refractivity contribution in [3.8, 4) is 0 Å². The van der Waals surface area contributed by atoms with Crippen LogP contribution in [0.3, 0.4) is 0 Å². The summed E-state index contributed by atoms with van der Waals surface area (Å²) in [6.07, 6.45) is 0.000220. The first-order valence-electron chi connectivity index (χ1n) is 6.14. The number of thiazole rings is 1. The molecule has 1 aliphatic rings. The van der Waals surface area contributed by atoms with Crippen LogP contribution in [-0.2, 0) is 4.74 Å². The summed E-state index contributed by atoms with van der Waals surface area (Å²) >= 11 is 1.51. The summed E-state index contributed by atoms with van der Waals surface area (Å²) in [4.78, 5) is 16.3. The van der Waals surface area contributed by atoms with Gasteiger partial charge >= 0.3 is 0 Å². The Morgan fingerprint density at radius 1 is 1.53 bits per heavy atom. The number of aliphatic hydroxyl groups is 1. The highest BCUT2D eigenvalue weighted by atomic mass is 32.1. The Bertz CT molecular complexity index is 598. The van der Waals surface area contributed by atoms with Gasteiger partial charge in [0.15, 0.2) is 0 Å². The first-order valence-corrected chi connectivity index (χ1v) is 7.02. The number of rotatable bonds is 2. The molecule has 1 saturated heterocycles. The van der Waals surface area contributed by atoms with Crippen molar-refractivity contribution in [2.24, 2.45) is 0 Å². The molecule has 0 unspecified atom stereocenters. The summed E-state index contributed by atoms with van der Waals surface area (Å²) in [5, 5.41) is 12.6. The van der Waals surface area contributed by atoms with Gasteiger partial charge in [0.2, 0.25) is 0 Å². The number of nitrogens with zero attached hydrogens (tertiary/aromatic N) is 1. The molecule has 2 atom stereocenters. The lowest BCUT2D eigenvalue weighted by molar-refractivity contribution is -0.0260. The molecule has 0 bridgehead atoms. The lowest BCUT2D eigenvalue weighted by Crippen LogP contribution is -2.48. The zero-order valence-electron chi connectivity index (χ0n) is 10.2. The zero-order chi connectivity index (χ0) is 13.2. The monoisotopic (exact) mass is 278 g/mol. The predicted octanol–water partition coefficient (Wildman–Crippen LogP) is 1.18. The third kappa shape index (κ3) is 2.60. The van der Waals surface area contributed by atoms with Crippen LogP contribution in [0.15, 0.2) is 23.7 Å². The molecule has 1 aromatic carbocycles.